The molecule has 4 aromatic rings. The molecule has 0 bridgehead atoms. The van der Waals surface area contributed by atoms with Crippen molar-refractivity contribution in [2.24, 2.45) is 0 Å². The second-order valence-corrected chi connectivity index (χ2v) is 8.89. The van der Waals surface area contributed by atoms with Crippen LogP contribution in [0.1, 0.15) is 16.8 Å². The summed E-state index contributed by atoms with van der Waals surface area (Å²) in [5.74, 6) is -0.262. The molecule has 5 rings (SSSR count). The average Bonchev–Trinajstić information content (AvgIpc) is 3.24. The summed E-state index contributed by atoms with van der Waals surface area (Å²) in [5.41, 5.74) is 7.07. The molecule has 9 heteroatoms. The number of hydrogen-bond donors (Lipinski definition) is 1. The van der Waals surface area contributed by atoms with E-state index in [0.29, 0.717) is 27.1 Å². The van der Waals surface area contributed by atoms with E-state index in [1.54, 1.807) is 36.7 Å². The zero-order valence-corrected chi connectivity index (χ0v) is 19.7. The lowest BCUT2D eigenvalue weighted by Gasteiger charge is -2.20. The van der Waals surface area contributed by atoms with Crippen LogP contribution in [0.15, 0.2) is 73.6 Å². The molecular weight excluding hydrogens is 498 g/mol. The van der Waals surface area contributed by atoms with E-state index >= 15 is 0 Å². The Bertz CT molecular complexity index is 1430. The fourth-order valence-corrected chi connectivity index (χ4v) is 4.62. The summed E-state index contributed by atoms with van der Waals surface area (Å²) in [7, 11) is 0. The van der Waals surface area contributed by atoms with Crippen LogP contribution in [-0.4, -0.2) is 15.9 Å². The summed E-state index contributed by atoms with van der Waals surface area (Å²) in [6, 6.07) is 17.0. The highest BCUT2D eigenvalue weighted by atomic mass is 35.5. The van der Waals surface area contributed by atoms with Gasteiger partial charge in [-0.05, 0) is 72.5 Å². The van der Waals surface area contributed by atoms with E-state index in [0.717, 1.165) is 40.9 Å². The highest BCUT2D eigenvalue weighted by Gasteiger charge is 2.31. The van der Waals surface area contributed by atoms with Crippen molar-refractivity contribution in [1.29, 1.82) is 0 Å². The number of halogens is 5. The number of ether oxygens (including phenoxy) is 1. The number of aromatic nitrogens is 2. The molecule has 35 heavy (non-hydrogen) atoms. The van der Waals surface area contributed by atoms with E-state index in [1.165, 1.54) is 12.1 Å². The first-order valence-electron chi connectivity index (χ1n) is 10.6. The fourth-order valence-electron chi connectivity index (χ4n) is 4.17. The molecule has 1 aromatic heterocycles. The van der Waals surface area contributed by atoms with E-state index in [1.807, 2.05) is 16.7 Å². The molecule has 178 valence electrons. The molecule has 0 spiro atoms. The van der Waals surface area contributed by atoms with Crippen molar-refractivity contribution in [2.45, 2.75) is 19.2 Å². The van der Waals surface area contributed by atoms with Gasteiger partial charge in [-0.1, -0.05) is 41.9 Å². The van der Waals surface area contributed by atoms with Crippen LogP contribution in [0.4, 0.5) is 18.9 Å². The first-order valence-corrected chi connectivity index (χ1v) is 11.4. The standard InChI is InChI=1S/C26H18Cl2F3N3O/c1-15(33-23-10-4-18(27)13-22(23)28)16-2-9-21-17(12-16)3-11-24-25(21)32-14-34(24)19-5-7-20(8-6-19)35-26(29,30)31/h2,4-10,12-14,33H,1,3,11H2. The molecule has 0 aliphatic heterocycles. The molecule has 1 N–H and O–H groups in total. The maximum atomic E-state index is 12.4. The highest BCUT2D eigenvalue weighted by Crippen LogP contribution is 2.36. The zero-order chi connectivity index (χ0) is 24.7. The lowest BCUT2D eigenvalue weighted by Crippen LogP contribution is -2.17. The van der Waals surface area contributed by atoms with Gasteiger partial charge in [-0.25, -0.2) is 4.98 Å². The van der Waals surface area contributed by atoms with Gasteiger partial charge < -0.3 is 14.6 Å². The van der Waals surface area contributed by atoms with Gasteiger partial charge in [0.25, 0.3) is 0 Å². The number of fused-ring (bicyclic) bond motifs is 3. The molecule has 1 heterocycles. The van der Waals surface area contributed by atoms with Crippen molar-refractivity contribution in [3.8, 4) is 22.7 Å². The van der Waals surface area contributed by atoms with Crippen LogP contribution in [-0.2, 0) is 12.8 Å². The maximum Gasteiger partial charge on any atom is 0.573 e. The van der Waals surface area contributed by atoms with Gasteiger partial charge in [-0.2, -0.15) is 0 Å². The molecule has 4 nitrogen and oxygen atoms in total. The van der Waals surface area contributed by atoms with Crippen LogP contribution in [0, 0.1) is 0 Å². The topological polar surface area (TPSA) is 39.1 Å². The quantitative estimate of drug-likeness (QED) is 0.293. The summed E-state index contributed by atoms with van der Waals surface area (Å²) in [6.07, 6.45) is -1.52. The Hall–Kier alpha value is -3.42. The van der Waals surface area contributed by atoms with Crippen molar-refractivity contribution in [1.82, 2.24) is 9.55 Å². The van der Waals surface area contributed by atoms with E-state index in [9.17, 15) is 13.2 Å². The third-order valence-corrected chi connectivity index (χ3v) is 6.32. The van der Waals surface area contributed by atoms with Crippen molar-refractivity contribution in [3.05, 3.63) is 100 Å². The number of aryl methyl sites for hydroxylation is 1. The fraction of sp³-hybridized carbons (Fsp3) is 0.115. The minimum atomic E-state index is -4.72. The SMILES string of the molecule is C=C(Nc1ccc(Cl)cc1Cl)c1ccc2c(c1)CCc1c-2ncn1-c1ccc(OC(F)(F)F)cc1. The van der Waals surface area contributed by atoms with Crippen LogP contribution in [0.2, 0.25) is 10.0 Å². The van der Waals surface area contributed by atoms with E-state index < -0.39 is 6.36 Å². The van der Waals surface area contributed by atoms with Crippen molar-refractivity contribution in [3.63, 3.8) is 0 Å². The van der Waals surface area contributed by atoms with E-state index in [4.69, 9.17) is 23.2 Å². The van der Waals surface area contributed by atoms with Gasteiger partial charge in [0.15, 0.2) is 0 Å². The molecule has 0 saturated carbocycles. The van der Waals surface area contributed by atoms with Gasteiger partial charge in [0, 0.05) is 22.0 Å². The van der Waals surface area contributed by atoms with Crippen molar-refractivity contribution < 1.29 is 17.9 Å². The number of rotatable bonds is 5. The largest absolute Gasteiger partial charge is 0.573 e. The molecule has 0 saturated heterocycles. The molecule has 0 unspecified atom stereocenters. The number of hydrogen-bond acceptors (Lipinski definition) is 3. The summed E-state index contributed by atoms with van der Waals surface area (Å²) < 4.78 is 43.2. The molecule has 1 aliphatic carbocycles. The van der Waals surface area contributed by atoms with Gasteiger partial charge in [-0.3, -0.25) is 0 Å². The average molecular weight is 516 g/mol. The van der Waals surface area contributed by atoms with Crippen molar-refractivity contribution >= 4 is 34.6 Å². The number of nitrogens with one attached hydrogen (secondary N) is 1. The molecule has 0 radical (unpaired) electrons. The Morgan fingerprint density at radius 2 is 1.77 bits per heavy atom. The molecule has 0 amide bonds. The predicted octanol–water partition coefficient (Wildman–Crippen LogP) is 7.93. The van der Waals surface area contributed by atoms with Crippen molar-refractivity contribution in [2.75, 3.05) is 5.32 Å². The second kappa shape index (κ2) is 8.98. The summed E-state index contributed by atoms with van der Waals surface area (Å²) in [4.78, 5) is 4.60. The normalized spacial score (nSPS) is 12.6. The second-order valence-electron chi connectivity index (χ2n) is 8.05. The number of nitrogens with zero attached hydrogens (tertiary/aromatic N) is 2. The highest BCUT2D eigenvalue weighted by molar-refractivity contribution is 6.36. The molecule has 3 aromatic carbocycles. The van der Waals surface area contributed by atoms with E-state index in [-0.39, 0.29) is 5.75 Å². The van der Waals surface area contributed by atoms with Gasteiger partial charge in [0.05, 0.1) is 22.1 Å². The minimum Gasteiger partial charge on any atom is -0.406 e. The summed E-state index contributed by atoms with van der Waals surface area (Å²) in [6.45, 7) is 4.15. The Kier molecular flexibility index (Phi) is 5.99. The third-order valence-electron chi connectivity index (χ3n) is 5.77. The van der Waals surface area contributed by atoms with Crippen LogP contribution < -0.4 is 10.1 Å². The van der Waals surface area contributed by atoms with Crippen LogP contribution in [0.3, 0.4) is 0 Å². The number of anilines is 1. The molecule has 0 fully saturated rings. The summed E-state index contributed by atoms with van der Waals surface area (Å²) in [5, 5.41) is 4.30. The minimum absolute atomic E-state index is 0.262. The van der Waals surface area contributed by atoms with Crippen LogP contribution in [0.25, 0.3) is 22.6 Å². The third kappa shape index (κ3) is 4.88. The number of benzene rings is 3. The predicted molar refractivity (Wildman–Crippen MR) is 132 cm³/mol. The monoisotopic (exact) mass is 515 g/mol. The van der Waals surface area contributed by atoms with Gasteiger partial charge in [-0.15, -0.1) is 13.2 Å². The lowest BCUT2D eigenvalue weighted by atomic mass is 9.90. The van der Waals surface area contributed by atoms with Gasteiger partial charge in [0.2, 0.25) is 0 Å². The lowest BCUT2D eigenvalue weighted by molar-refractivity contribution is -0.274. The molecule has 1 aliphatic rings. The number of imidazole rings is 1. The molecule has 0 atom stereocenters. The smallest absolute Gasteiger partial charge is 0.406 e. The van der Waals surface area contributed by atoms with E-state index in [2.05, 4.69) is 27.7 Å². The zero-order valence-electron chi connectivity index (χ0n) is 18.2. The van der Waals surface area contributed by atoms with Crippen LogP contribution in [0.5, 0.6) is 5.75 Å². The first-order chi connectivity index (χ1) is 16.7. The Morgan fingerprint density at radius 3 is 2.49 bits per heavy atom. The Balaban J connectivity index is 1.38. The summed E-state index contributed by atoms with van der Waals surface area (Å²) >= 11 is 12.2. The first kappa shape index (κ1) is 23.3. The number of alkyl halides is 3. The van der Waals surface area contributed by atoms with Gasteiger partial charge >= 0.3 is 6.36 Å². The Morgan fingerprint density at radius 1 is 1.00 bits per heavy atom. The Labute approximate surface area is 209 Å². The molecular formula is C26H18Cl2F3N3O. The van der Waals surface area contributed by atoms with Crippen LogP contribution >= 0.6 is 23.2 Å². The maximum absolute atomic E-state index is 12.4. The van der Waals surface area contributed by atoms with Gasteiger partial charge in [0.1, 0.15) is 12.1 Å².